The number of carboxylic acid groups (broad SMARTS) is 1. The van der Waals surface area contributed by atoms with Gasteiger partial charge in [-0.3, -0.25) is 4.79 Å². The number of ether oxygens (including phenoxy) is 6. The van der Waals surface area contributed by atoms with Crippen molar-refractivity contribution in [2.75, 3.05) is 19.8 Å². The van der Waals surface area contributed by atoms with E-state index in [1.807, 2.05) is 20.8 Å². The number of carboxylic acids is 1. The van der Waals surface area contributed by atoms with Gasteiger partial charge in [-0.25, -0.2) is 14.4 Å². The fourth-order valence-electron chi connectivity index (χ4n) is 3.94. The number of benzene rings is 1. The second-order valence-electron chi connectivity index (χ2n) is 10.2. The smallest absolute Gasteiger partial charge is 0.480 e. The molecule has 0 saturated heterocycles. The second-order valence-corrected chi connectivity index (χ2v) is 10.2. The van der Waals surface area contributed by atoms with E-state index in [4.69, 9.17) is 34.2 Å². The van der Waals surface area contributed by atoms with E-state index >= 15 is 0 Å². The molecule has 0 radical (unpaired) electrons. The van der Waals surface area contributed by atoms with E-state index in [-0.39, 0.29) is 44.2 Å². The van der Waals surface area contributed by atoms with Gasteiger partial charge in [-0.2, -0.15) is 0 Å². The van der Waals surface area contributed by atoms with Crippen molar-refractivity contribution in [1.29, 1.82) is 0 Å². The molecule has 12 nitrogen and oxygen atoms in total. The zero-order valence-electron chi connectivity index (χ0n) is 25.3. The van der Waals surface area contributed by atoms with E-state index in [0.29, 0.717) is 24.8 Å². The van der Waals surface area contributed by atoms with E-state index in [9.17, 15) is 24.3 Å². The summed E-state index contributed by atoms with van der Waals surface area (Å²) in [4.78, 5) is 48.7. The summed E-state index contributed by atoms with van der Waals surface area (Å²) in [5.41, 5.74) is 4.76. The van der Waals surface area contributed by atoms with Crippen molar-refractivity contribution in [2.45, 2.75) is 110 Å². The number of carbonyl (C=O) groups is 4. The van der Waals surface area contributed by atoms with Gasteiger partial charge in [0.25, 0.3) is 0 Å². The lowest BCUT2D eigenvalue weighted by Crippen LogP contribution is -2.52. The Morgan fingerprint density at radius 3 is 1.71 bits per heavy atom. The van der Waals surface area contributed by atoms with Gasteiger partial charge in [0.2, 0.25) is 0 Å². The van der Waals surface area contributed by atoms with Crippen molar-refractivity contribution < 1.29 is 52.7 Å². The zero-order chi connectivity index (χ0) is 31.4. The SMILES string of the molecule is CCCCCOC(=O)Oc1ccc(CC(N)(C[C@H](C)OC(=O)OCCCCC)C(=O)O)cc1OC(=O)OCCCCC. The first kappa shape index (κ1) is 36.5. The van der Waals surface area contributed by atoms with Gasteiger partial charge in [-0.15, -0.1) is 0 Å². The molecule has 0 bridgehead atoms. The van der Waals surface area contributed by atoms with Crippen LogP contribution in [0.5, 0.6) is 11.5 Å². The molecule has 0 aliphatic carbocycles. The Balaban J connectivity index is 3.02. The van der Waals surface area contributed by atoms with Crippen molar-refractivity contribution >= 4 is 24.4 Å². The molecule has 0 aromatic heterocycles. The molecule has 1 unspecified atom stereocenters. The standard InChI is InChI=1S/C30H47NO11/c1-5-8-11-16-37-27(34)40-22(4)20-30(31,26(32)33)21-23-14-15-24(41-28(35)38-17-12-9-6-2)25(19-23)42-29(36)39-18-13-10-7-3/h14-15,19,22H,5-13,16-18,20-21,31H2,1-4H3,(H,32,33)/t22-,30?/m0/s1. The number of unbranched alkanes of at least 4 members (excludes halogenated alkanes) is 6. The number of nitrogens with two attached hydrogens (primary N) is 1. The molecule has 1 aromatic carbocycles. The maximum Gasteiger partial charge on any atom is 0.513 e. The third-order valence-electron chi connectivity index (χ3n) is 6.19. The Labute approximate surface area is 248 Å². The molecule has 1 aromatic rings. The molecule has 2 atom stereocenters. The first-order valence-electron chi connectivity index (χ1n) is 14.7. The number of rotatable bonds is 20. The molecule has 0 aliphatic rings. The van der Waals surface area contributed by atoms with Crippen molar-refractivity contribution in [1.82, 2.24) is 0 Å². The first-order valence-corrected chi connectivity index (χ1v) is 14.7. The highest BCUT2D eigenvalue weighted by atomic mass is 16.7. The number of hydrogen-bond donors (Lipinski definition) is 2. The van der Waals surface area contributed by atoms with Gasteiger partial charge >= 0.3 is 24.4 Å². The van der Waals surface area contributed by atoms with Crippen molar-refractivity contribution in [3.63, 3.8) is 0 Å². The Kier molecular flexibility index (Phi) is 17.7. The van der Waals surface area contributed by atoms with E-state index in [2.05, 4.69) is 0 Å². The highest BCUT2D eigenvalue weighted by molar-refractivity contribution is 5.79. The molecule has 238 valence electrons. The van der Waals surface area contributed by atoms with Gasteiger partial charge in [0.15, 0.2) is 11.5 Å². The summed E-state index contributed by atoms with van der Waals surface area (Å²) in [6.07, 6.45) is 3.30. The third-order valence-corrected chi connectivity index (χ3v) is 6.19. The van der Waals surface area contributed by atoms with Crippen LogP contribution in [0.25, 0.3) is 0 Å². The van der Waals surface area contributed by atoms with Crippen LogP contribution in [0.4, 0.5) is 14.4 Å². The lowest BCUT2D eigenvalue weighted by atomic mass is 9.86. The number of carbonyl (C=O) groups excluding carboxylic acids is 3. The summed E-state index contributed by atoms with van der Waals surface area (Å²) in [7, 11) is 0. The summed E-state index contributed by atoms with van der Waals surface area (Å²) in [5.74, 6) is -1.63. The Morgan fingerprint density at radius 1 is 0.762 bits per heavy atom. The van der Waals surface area contributed by atoms with Crippen LogP contribution in [0.15, 0.2) is 18.2 Å². The molecule has 0 saturated carbocycles. The van der Waals surface area contributed by atoms with Gasteiger partial charge < -0.3 is 39.3 Å². The topological polar surface area (TPSA) is 170 Å². The molecule has 1 rings (SSSR count). The van der Waals surface area contributed by atoms with Crippen LogP contribution < -0.4 is 15.2 Å². The minimum Gasteiger partial charge on any atom is -0.480 e. The Bertz CT molecular complexity index is 984. The molecular formula is C30H47NO11. The third kappa shape index (κ3) is 14.9. The van der Waals surface area contributed by atoms with E-state index in [1.54, 1.807) is 0 Å². The van der Waals surface area contributed by atoms with Gasteiger partial charge in [-0.1, -0.05) is 65.4 Å². The lowest BCUT2D eigenvalue weighted by molar-refractivity contribution is -0.144. The van der Waals surface area contributed by atoms with E-state index in [1.165, 1.54) is 25.1 Å². The van der Waals surface area contributed by atoms with Gasteiger partial charge in [0, 0.05) is 12.8 Å². The van der Waals surface area contributed by atoms with Crippen molar-refractivity contribution in [3.05, 3.63) is 23.8 Å². The summed E-state index contributed by atoms with van der Waals surface area (Å²) in [6.45, 7) is 8.08. The number of aliphatic carboxylic acids is 1. The summed E-state index contributed by atoms with van der Waals surface area (Å²) < 4.78 is 30.9. The largest absolute Gasteiger partial charge is 0.513 e. The molecule has 0 spiro atoms. The minimum atomic E-state index is -1.86. The molecular weight excluding hydrogens is 550 g/mol. The minimum absolute atomic E-state index is 0.120. The van der Waals surface area contributed by atoms with Crippen LogP contribution in [0.2, 0.25) is 0 Å². The highest BCUT2D eigenvalue weighted by Crippen LogP contribution is 2.31. The number of hydrogen-bond acceptors (Lipinski definition) is 11. The summed E-state index contributed by atoms with van der Waals surface area (Å²) >= 11 is 0. The molecule has 12 heteroatoms. The monoisotopic (exact) mass is 597 g/mol. The van der Waals surface area contributed by atoms with Crippen LogP contribution >= 0.6 is 0 Å². The van der Waals surface area contributed by atoms with Crippen LogP contribution in [-0.4, -0.2) is 61.0 Å². The lowest BCUT2D eigenvalue weighted by Gasteiger charge is -2.28. The van der Waals surface area contributed by atoms with Crippen LogP contribution in [0.3, 0.4) is 0 Å². The molecule has 42 heavy (non-hydrogen) atoms. The average molecular weight is 598 g/mol. The van der Waals surface area contributed by atoms with Crippen LogP contribution in [0.1, 0.15) is 97.5 Å². The molecule has 0 heterocycles. The van der Waals surface area contributed by atoms with Gasteiger partial charge in [0.1, 0.15) is 11.6 Å². The van der Waals surface area contributed by atoms with Gasteiger partial charge in [0.05, 0.1) is 19.8 Å². The summed E-state index contributed by atoms with van der Waals surface area (Å²) in [5, 5.41) is 9.94. The maximum atomic E-state index is 12.3. The zero-order valence-corrected chi connectivity index (χ0v) is 25.3. The molecule has 0 amide bonds. The molecule has 3 N–H and O–H groups in total. The quantitative estimate of drug-likeness (QED) is 0.0720. The summed E-state index contributed by atoms with van der Waals surface area (Å²) in [6, 6.07) is 4.17. The fourth-order valence-corrected chi connectivity index (χ4v) is 3.94. The van der Waals surface area contributed by atoms with Crippen molar-refractivity contribution in [3.8, 4) is 11.5 Å². The predicted molar refractivity (Wildman–Crippen MR) is 154 cm³/mol. The van der Waals surface area contributed by atoms with Crippen LogP contribution in [-0.2, 0) is 30.2 Å². The van der Waals surface area contributed by atoms with E-state index in [0.717, 1.165) is 38.5 Å². The molecule has 0 fully saturated rings. The fraction of sp³-hybridized carbons (Fsp3) is 0.667. The first-order chi connectivity index (χ1) is 20.0. The predicted octanol–water partition coefficient (Wildman–Crippen LogP) is 6.54. The second kappa shape index (κ2) is 20.4. The Hall–Kier alpha value is -3.54. The normalized spacial score (nSPS) is 12.9. The van der Waals surface area contributed by atoms with Crippen LogP contribution in [0, 0.1) is 0 Å². The maximum absolute atomic E-state index is 12.3. The Morgan fingerprint density at radius 2 is 1.24 bits per heavy atom. The van der Waals surface area contributed by atoms with Crippen molar-refractivity contribution in [2.24, 2.45) is 5.73 Å². The molecule has 0 aliphatic heterocycles. The van der Waals surface area contributed by atoms with E-state index < -0.39 is 36.1 Å². The van der Waals surface area contributed by atoms with Gasteiger partial charge in [-0.05, 0) is 43.9 Å². The highest BCUT2D eigenvalue weighted by Gasteiger charge is 2.37. The average Bonchev–Trinajstić information content (AvgIpc) is 2.92.